The number of hydrogen-bond donors (Lipinski definition) is 2. The van der Waals surface area contributed by atoms with Gasteiger partial charge in [0.05, 0.1) is 18.1 Å². The lowest BCUT2D eigenvalue weighted by Crippen LogP contribution is -2.45. The highest BCUT2D eigenvalue weighted by Crippen LogP contribution is 2.30. The fourth-order valence-electron chi connectivity index (χ4n) is 2.99. The van der Waals surface area contributed by atoms with E-state index in [1.165, 1.54) is 13.1 Å². The van der Waals surface area contributed by atoms with E-state index in [1.807, 2.05) is 0 Å². The topological polar surface area (TPSA) is 87.7 Å². The van der Waals surface area contributed by atoms with Crippen LogP contribution in [0, 0.1) is 0 Å². The Morgan fingerprint density at radius 1 is 1.48 bits per heavy atom. The first kappa shape index (κ1) is 16.4. The first-order valence-corrected chi connectivity index (χ1v) is 9.17. The number of nitrogens with one attached hydrogen (secondary N) is 2. The summed E-state index contributed by atoms with van der Waals surface area (Å²) in [5.41, 5.74) is 1.70. The molecule has 2 heterocycles. The molecule has 0 bridgehead atoms. The highest BCUT2D eigenvalue weighted by atomic mass is 32.2. The molecule has 2 N–H and O–H groups in total. The second kappa shape index (κ2) is 6.56. The molecule has 1 amide bonds. The molecule has 2 aliphatic heterocycles. The number of nitrogens with zero attached hydrogens (tertiary/aromatic N) is 1. The number of benzene rings is 1. The van der Waals surface area contributed by atoms with Gasteiger partial charge in [-0.25, -0.2) is 13.1 Å². The highest BCUT2D eigenvalue weighted by molar-refractivity contribution is 7.89. The smallest absolute Gasteiger partial charge is 0.240 e. The summed E-state index contributed by atoms with van der Waals surface area (Å²) in [4.78, 5) is 14.5. The molecule has 2 aliphatic rings. The van der Waals surface area contributed by atoms with Crippen molar-refractivity contribution in [2.45, 2.75) is 23.8 Å². The van der Waals surface area contributed by atoms with Crippen LogP contribution in [0.1, 0.15) is 12.0 Å². The normalized spacial score (nSPS) is 21.3. The monoisotopic (exact) mass is 339 g/mol. The zero-order valence-electron chi connectivity index (χ0n) is 13.0. The van der Waals surface area contributed by atoms with Crippen molar-refractivity contribution in [2.75, 3.05) is 38.3 Å². The molecular weight excluding hydrogens is 318 g/mol. The van der Waals surface area contributed by atoms with E-state index in [9.17, 15) is 13.2 Å². The van der Waals surface area contributed by atoms with Crippen molar-refractivity contribution in [3.05, 3.63) is 23.8 Å². The number of ether oxygens (including phenoxy) is 1. The summed E-state index contributed by atoms with van der Waals surface area (Å²) >= 11 is 0. The Bertz CT molecular complexity index is 699. The summed E-state index contributed by atoms with van der Waals surface area (Å²) in [6.07, 6.45) is 1.05. The number of fused-ring (bicyclic) bond motifs is 1. The molecule has 8 heteroatoms. The maximum absolute atomic E-state index is 12.5. The first-order valence-electron chi connectivity index (χ1n) is 7.69. The van der Waals surface area contributed by atoms with Crippen LogP contribution in [0.15, 0.2) is 23.1 Å². The zero-order valence-corrected chi connectivity index (χ0v) is 13.9. The summed E-state index contributed by atoms with van der Waals surface area (Å²) in [6.45, 7) is 2.58. The van der Waals surface area contributed by atoms with Gasteiger partial charge in [-0.1, -0.05) is 0 Å². The number of sulfonamides is 1. The summed E-state index contributed by atoms with van der Waals surface area (Å²) in [5.74, 6) is 0.0379. The minimum atomic E-state index is -3.46. The number of carbonyl (C=O) groups is 1. The number of carbonyl (C=O) groups excluding carboxylic acids is 1. The van der Waals surface area contributed by atoms with Crippen LogP contribution in [0.25, 0.3) is 0 Å². The number of morpholine rings is 1. The predicted molar refractivity (Wildman–Crippen MR) is 86.0 cm³/mol. The van der Waals surface area contributed by atoms with Crippen molar-refractivity contribution in [3.63, 3.8) is 0 Å². The molecule has 3 rings (SSSR count). The summed E-state index contributed by atoms with van der Waals surface area (Å²) in [7, 11) is -2.07. The maximum atomic E-state index is 12.5. The molecule has 0 aliphatic carbocycles. The van der Waals surface area contributed by atoms with Crippen molar-refractivity contribution >= 4 is 21.6 Å². The van der Waals surface area contributed by atoms with Gasteiger partial charge in [-0.05, 0) is 37.2 Å². The third-order valence-corrected chi connectivity index (χ3v) is 5.66. The number of amides is 1. The number of hydrogen-bond acceptors (Lipinski definition) is 5. The van der Waals surface area contributed by atoms with Gasteiger partial charge in [-0.3, -0.25) is 4.79 Å². The van der Waals surface area contributed by atoms with E-state index in [0.717, 1.165) is 17.8 Å². The lowest BCUT2D eigenvalue weighted by Gasteiger charge is -2.26. The largest absolute Gasteiger partial charge is 0.378 e. The molecule has 0 saturated carbocycles. The van der Waals surface area contributed by atoms with Gasteiger partial charge in [0.2, 0.25) is 15.9 Å². The third kappa shape index (κ3) is 3.40. The Hall–Kier alpha value is -1.48. The van der Waals surface area contributed by atoms with Crippen molar-refractivity contribution in [1.82, 2.24) is 10.0 Å². The van der Waals surface area contributed by atoms with E-state index in [4.69, 9.17) is 4.74 Å². The summed E-state index contributed by atoms with van der Waals surface area (Å²) in [5, 5.41) is 3.27. The van der Waals surface area contributed by atoms with Crippen LogP contribution in [0.5, 0.6) is 0 Å². The van der Waals surface area contributed by atoms with Gasteiger partial charge in [0.1, 0.15) is 0 Å². The van der Waals surface area contributed by atoms with Gasteiger partial charge in [0.25, 0.3) is 0 Å². The molecule has 7 nitrogen and oxygen atoms in total. The molecule has 1 aromatic carbocycles. The first-order chi connectivity index (χ1) is 11.0. The quantitative estimate of drug-likeness (QED) is 0.797. The van der Waals surface area contributed by atoms with E-state index < -0.39 is 10.0 Å². The lowest BCUT2D eigenvalue weighted by molar-refractivity contribution is -0.119. The molecule has 1 aromatic rings. The molecule has 0 radical (unpaired) electrons. The molecule has 0 spiro atoms. The zero-order chi connectivity index (χ0) is 16.4. The van der Waals surface area contributed by atoms with Crippen LogP contribution in [-0.2, 0) is 26.0 Å². The van der Waals surface area contributed by atoms with Crippen molar-refractivity contribution in [3.8, 4) is 0 Å². The molecule has 0 aromatic heterocycles. The second-order valence-electron chi connectivity index (χ2n) is 5.72. The molecule has 1 saturated heterocycles. The van der Waals surface area contributed by atoms with Crippen LogP contribution in [0.3, 0.4) is 0 Å². The maximum Gasteiger partial charge on any atom is 0.240 e. The minimum Gasteiger partial charge on any atom is -0.378 e. The minimum absolute atomic E-state index is 0.0379. The van der Waals surface area contributed by atoms with E-state index >= 15 is 0 Å². The lowest BCUT2D eigenvalue weighted by atomic mass is 10.1. The number of anilines is 1. The van der Waals surface area contributed by atoms with Crippen LogP contribution >= 0.6 is 0 Å². The Kier molecular flexibility index (Phi) is 4.67. The Morgan fingerprint density at radius 3 is 3.00 bits per heavy atom. The van der Waals surface area contributed by atoms with E-state index in [-0.39, 0.29) is 16.8 Å². The van der Waals surface area contributed by atoms with Gasteiger partial charge < -0.3 is 15.0 Å². The molecule has 1 atom stereocenters. The van der Waals surface area contributed by atoms with Crippen LogP contribution < -0.4 is 14.9 Å². The standard InChI is InChI=1S/C15H21N3O4S/c1-16-23(20,21)13-2-3-14-11(8-13)4-6-18(14)15(19)9-12-10-22-7-5-17-12/h2-3,8,12,16-17H,4-7,9-10H2,1H3. The fourth-order valence-corrected chi connectivity index (χ4v) is 3.77. The van der Waals surface area contributed by atoms with Gasteiger partial charge in [-0.2, -0.15) is 0 Å². The van der Waals surface area contributed by atoms with E-state index in [0.29, 0.717) is 32.6 Å². The van der Waals surface area contributed by atoms with Gasteiger partial charge in [-0.15, -0.1) is 0 Å². The van der Waals surface area contributed by atoms with Gasteiger partial charge >= 0.3 is 0 Å². The SMILES string of the molecule is CNS(=O)(=O)c1ccc2c(c1)CCN2C(=O)CC1COCCN1. The Balaban J connectivity index is 1.75. The molecule has 1 fully saturated rings. The summed E-state index contributed by atoms with van der Waals surface area (Å²) < 4.78 is 31.4. The van der Waals surface area contributed by atoms with Gasteiger partial charge in [0.15, 0.2) is 0 Å². The Labute approximate surface area is 136 Å². The molecule has 126 valence electrons. The Morgan fingerprint density at radius 2 is 2.30 bits per heavy atom. The molecule has 1 unspecified atom stereocenters. The highest BCUT2D eigenvalue weighted by Gasteiger charge is 2.28. The van der Waals surface area contributed by atoms with Crippen LogP contribution in [0.2, 0.25) is 0 Å². The van der Waals surface area contributed by atoms with E-state index in [1.54, 1.807) is 17.0 Å². The third-order valence-electron chi connectivity index (χ3n) is 4.25. The van der Waals surface area contributed by atoms with Crippen molar-refractivity contribution in [2.24, 2.45) is 0 Å². The van der Waals surface area contributed by atoms with Gasteiger partial charge in [0, 0.05) is 31.2 Å². The molecule has 23 heavy (non-hydrogen) atoms. The average molecular weight is 339 g/mol. The van der Waals surface area contributed by atoms with Crippen molar-refractivity contribution in [1.29, 1.82) is 0 Å². The molecular formula is C15H21N3O4S. The summed E-state index contributed by atoms with van der Waals surface area (Å²) in [6, 6.07) is 4.95. The number of rotatable bonds is 4. The predicted octanol–water partition coefficient (Wildman–Crippen LogP) is -0.138. The van der Waals surface area contributed by atoms with Crippen LogP contribution in [-0.4, -0.2) is 53.7 Å². The average Bonchev–Trinajstić information content (AvgIpc) is 2.99. The van der Waals surface area contributed by atoms with Crippen molar-refractivity contribution < 1.29 is 17.9 Å². The fraction of sp³-hybridized carbons (Fsp3) is 0.533. The van der Waals surface area contributed by atoms with E-state index in [2.05, 4.69) is 10.0 Å². The van der Waals surface area contributed by atoms with Crippen LogP contribution in [0.4, 0.5) is 5.69 Å². The second-order valence-corrected chi connectivity index (χ2v) is 7.61.